The van der Waals surface area contributed by atoms with Crippen LogP contribution in [0, 0.1) is 5.41 Å². The highest BCUT2D eigenvalue weighted by Gasteiger charge is 2.25. The predicted octanol–water partition coefficient (Wildman–Crippen LogP) is 2.84. The van der Waals surface area contributed by atoms with E-state index < -0.39 is 0 Å². The molecule has 4 heteroatoms. The normalized spacial score (nSPS) is 16.4. The molecule has 0 saturated carbocycles. The number of hydrogen-bond acceptors (Lipinski definition) is 2. The first kappa shape index (κ1) is 16.5. The highest BCUT2D eigenvalue weighted by atomic mass is 16.2. The second kappa shape index (κ2) is 6.95. The van der Waals surface area contributed by atoms with Crippen LogP contribution >= 0.6 is 0 Å². The minimum atomic E-state index is 0.00800. The molecule has 0 aliphatic carbocycles. The van der Waals surface area contributed by atoms with Crippen LogP contribution in [0.1, 0.15) is 50.4 Å². The summed E-state index contributed by atoms with van der Waals surface area (Å²) < 4.78 is 0. The van der Waals surface area contributed by atoms with Crippen LogP contribution in [0.15, 0.2) is 30.3 Å². The summed E-state index contributed by atoms with van der Waals surface area (Å²) in [6, 6.07) is 9.56. The smallest absolute Gasteiger partial charge is 0.253 e. The van der Waals surface area contributed by atoms with E-state index in [9.17, 15) is 9.59 Å². The lowest BCUT2D eigenvalue weighted by Crippen LogP contribution is -2.47. The Balaban J connectivity index is 1.81. The maximum absolute atomic E-state index is 12.4. The predicted molar refractivity (Wildman–Crippen MR) is 87.6 cm³/mol. The SMILES string of the molecule is CC(C)(C)CC(=O)NC1CCN(C(=O)c2ccccc2)CC1. The topological polar surface area (TPSA) is 49.4 Å². The molecule has 0 radical (unpaired) electrons. The van der Waals surface area contributed by atoms with Gasteiger partial charge in [0.25, 0.3) is 5.91 Å². The van der Waals surface area contributed by atoms with Crippen LogP contribution < -0.4 is 5.32 Å². The van der Waals surface area contributed by atoms with E-state index in [4.69, 9.17) is 0 Å². The Labute approximate surface area is 132 Å². The maximum Gasteiger partial charge on any atom is 0.253 e. The molecule has 0 atom stereocenters. The lowest BCUT2D eigenvalue weighted by Gasteiger charge is -2.33. The Morgan fingerprint density at radius 2 is 1.73 bits per heavy atom. The summed E-state index contributed by atoms with van der Waals surface area (Å²) in [5.41, 5.74) is 0.742. The zero-order chi connectivity index (χ0) is 16.2. The summed E-state index contributed by atoms with van der Waals surface area (Å²) in [5, 5.41) is 3.10. The van der Waals surface area contributed by atoms with Crippen molar-refractivity contribution >= 4 is 11.8 Å². The van der Waals surface area contributed by atoms with Crippen LogP contribution in [-0.4, -0.2) is 35.8 Å². The molecule has 2 rings (SSSR count). The molecule has 22 heavy (non-hydrogen) atoms. The van der Waals surface area contributed by atoms with Crippen LogP contribution in [0.2, 0.25) is 0 Å². The number of carbonyl (C=O) groups excluding carboxylic acids is 2. The fourth-order valence-corrected chi connectivity index (χ4v) is 2.75. The van der Waals surface area contributed by atoms with Crippen molar-refractivity contribution in [2.45, 2.75) is 46.1 Å². The first-order chi connectivity index (χ1) is 10.3. The highest BCUT2D eigenvalue weighted by molar-refractivity contribution is 5.94. The van der Waals surface area contributed by atoms with E-state index in [1.165, 1.54) is 0 Å². The van der Waals surface area contributed by atoms with Gasteiger partial charge in [-0.2, -0.15) is 0 Å². The van der Waals surface area contributed by atoms with E-state index in [1.807, 2.05) is 35.2 Å². The third kappa shape index (κ3) is 4.86. The van der Waals surface area contributed by atoms with Crippen molar-refractivity contribution in [3.63, 3.8) is 0 Å². The maximum atomic E-state index is 12.4. The molecule has 4 nitrogen and oxygen atoms in total. The van der Waals surface area contributed by atoms with Crippen molar-refractivity contribution in [2.75, 3.05) is 13.1 Å². The average molecular weight is 302 g/mol. The minimum Gasteiger partial charge on any atom is -0.353 e. The van der Waals surface area contributed by atoms with Crippen molar-refractivity contribution in [3.05, 3.63) is 35.9 Å². The zero-order valence-electron chi connectivity index (χ0n) is 13.8. The van der Waals surface area contributed by atoms with E-state index in [0.29, 0.717) is 19.5 Å². The molecule has 0 aromatic heterocycles. The van der Waals surface area contributed by atoms with E-state index in [1.54, 1.807) is 0 Å². The summed E-state index contributed by atoms with van der Waals surface area (Å²) >= 11 is 0. The van der Waals surface area contributed by atoms with Gasteiger partial charge in [-0.15, -0.1) is 0 Å². The molecule has 120 valence electrons. The number of rotatable bonds is 3. The van der Waals surface area contributed by atoms with Gasteiger partial charge in [-0.25, -0.2) is 0 Å². The zero-order valence-corrected chi connectivity index (χ0v) is 13.8. The third-order valence-corrected chi connectivity index (χ3v) is 3.86. The second-order valence-corrected chi connectivity index (χ2v) is 7.24. The van der Waals surface area contributed by atoms with Crippen molar-refractivity contribution in [3.8, 4) is 0 Å². The van der Waals surface area contributed by atoms with Crippen molar-refractivity contribution in [1.29, 1.82) is 0 Å². The molecule has 0 bridgehead atoms. The van der Waals surface area contributed by atoms with E-state index in [-0.39, 0.29) is 23.3 Å². The lowest BCUT2D eigenvalue weighted by atomic mass is 9.91. The number of hydrogen-bond donors (Lipinski definition) is 1. The molecule has 1 aromatic carbocycles. The van der Waals surface area contributed by atoms with Crippen LogP contribution in [-0.2, 0) is 4.79 Å². The van der Waals surface area contributed by atoms with Gasteiger partial charge in [-0.1, -0.05) is 39.0 Å². The van der Waals surface area contributed by atoms with E-state index in [2.05, 4.69) is 26.1 Å². The number of nitrogens with one attached hydrogen (secondary N) is 1. The van der Waals surface area contributed by atoms with Crippen LogP contribution in [0.3, 0.4) is 0 Å². The first-order valence-electron chi connectivity index (χ1n) is 7.99. The third-order valence-electron chi connectivity index (χ3n) is 3.86. The molecule has 1 aliphatic heterocycles. The van der Waals surface area contributed by atoms with Gasteiger partial charge in [0.15, 0.2) is 0 Å². The molecule has 2 amide bonds. The molecule has 1 N–H and O–H groups in total. The Hall–Kier alpha value is -1.84. The van der Waals surface area contributed by atoms with Crippen molar-refractivity contribution < 1.29 is 9.59 Å². The fraction of sp³-hybridized carbons (Fsp3) is 0.556. The Morgan fingerprint density at radius 3 is 2.27 bits per heavy atom. The first-order valence-corrected chi connectivity index (χ1v) is 7.99. The number of piperidine rings is 1. The Kier molecular flexibility index (Phi) is 5.22. The molecule has 1 saturated heterocycles. The standard InChI is InChI=1S/C18H26N2O2/c1-18(2,3)13-16(21)19-15-9-11-20(12-10-15)17(22)14-7-5-4-6-8-14/h4-8,15H,9-13H2,1-3H3,(H,19,21). The van der Waals surface area contributed by atoms with Gasteiger partial charge < -0.3 is 10.2 Å². The molecule has 0 unspecified atom stereocenters. The van der Waals surface area contributed by atoms with Crippen molar-refractivity contribution in [2.24, 2.45) is 5.41 Å². The summed E-state index contributed by atoms with van der Waals surface area (Å²) in [7, 11) is 0. The second-order valence-electron chi connectivity index (χ2n) is 7.24. The van der Waals surface area contributed by atoms with Gasteiger partial charge in [0.1, 0.15) is 0 Å². The number of nitrogens with zero attached hydrogens (tertiary/aromatic N) is 1. The summed E-state index contributed by atoms with van der Waals surface area (Å²) in [5.74, 6) is 0.195. The van der Waals surface area contributed by atoms with Crippen LogP contribution in [0.25, 0.3) is 0 Å². The monoisotopic (exact) mass is 302 g/mol. The number of benzene rings is 1. The fourth-order valence-electron chi connectivity index (χ4n) is 2.75. The number of likely N-dealkylation sites (tertiary alicyclic amines) is 1. The van der Waals surface area contributed by atoms with Crippen LogP contribution in [0.4, 0.5) is 0 Å². The van der Waals surface area contributed by atoms with Gasteiger partial charge in [-0.05, 0) is 30.4 Å². The summed E-state index contributed by atoms with van der Waals surface area (Å²) in [6.07, 6.45) is 2.19. The summed E-state index contributed by atoms with van der Waals surface area (Å²) in [6.45, 7) is 7.59. The quantitative estimate of drug-likeness (QED) is 0.933. The largest absolute Gasteiger partial charge is 0.353 e. The molecule has 1 fully saturated rings. The van der Waals surface area contributed by atoms with Crippen LogP contribution in [0.5, 0.6) is 0 Å². The summed E-state index contributed by atoms with van der Waals surface area (Å²) in [4.78, 5) is 26.2. The van der Waals surface area contributed by atoms with Crippen molar-refractivity contribution in [1.82, 2.24) is 10.2 Å². The highest BCUT2D eigenvalue weighted by Crippen LogP contribution is 2.19. The van der Waals surface area contributed by atoms with E-state index >= 15 is 0 Å². The van der Waals surface area contributed by atoms with Gasteiger partial charge in [0.05, 0.1) is 0 Å². The molecule has 1 heterocycles. The van der Waals surface area contributed by atoms with Gasteiger partial charge in [0, 0.05) is 31.1 Å². The molecular weight excluding hydrogens is 276 g/mol. The van der Waals surface area contributed by atoms with Gasteiger partial charge >= 0.3 is 0 Å². The number of carbonyl (C=O) groups is 2. The molecule has 1 aliphatic rings. The Bertz CT molecular complexity index is 512. The molecular formula is C18H26N2O2. The van der Waals surface area contributed by atoms with E-state index in [0.717, 1.165) is 18.4 Å². The molecule has 0 spiro atoms. The lowest BCUT2D eigenvalue weighted by molar-refractivity contribution is -0.123. The minimum absolute atomic E-state index is 0.00800. The van der Waals surface area contributed by atoms with Gasteiger partial charge in [-0.3, -0.25) is 9.59 Å². The number of amides is 2. The Morgan fingerprint density at radius 1 is 1.14 bits per heavy atom. The molecule has 1 aromatic rings. The van der Waals surface area contributed by atoms with Gasteiger partial charge in [0.2, 0.25) is 5.91 Å². The average Bonchev–Trinajstić information content (AvgIpc) is 2.46.